The van der Waals surface area contributed by atoms with Crippen molar-refractivity contribution in [3.8, 4) is 11.5 Å². The van der Waals surface area contributed by atoms with Crippen molar-refractivity contribution >= 4 is 23.1 Å². The summed E-state index contributed by atoms with van der Waals surface area (Å²) in [7, 11) is 0. The SMILES string of the molecule is O=C(N/N=C\c1coc2ccccc2c1=O)c1cc(O)cc(O)c1. The number of carbonyl (C=O) groups is 1. The van der Waals surface area contributed by atoms with E-state index >= 15 is 0 Å². The molecule has 0 aliphatic rings. The Bertz CT molecular complexity index is 987. The molecule has 0 spiro atoms. The van der Waals surface area contributed by atoms with Crippen molar-refractivity contribution in [1.82, 2.24) is 5.43 Å². The smallest absolute Gasteiger partial charge is 0.271 e. The van der Waals surface area contributed by atoms with Gasteiger partial charge in [0.2, 0.25) is 5.43 Å². The molecule has 24 heavy (non-hydrogen) atoms. The van der Waals surface area contributed by atoms with Crippen LogP contribution in [0.25, 0.3) is 11.0 Å². The van der Waals surface area contributed by atoms with E-state index in [1.165, 1.54) is 24.6 Å². The van der Waals surface area contributed by atoms with Crippen molar-refractivity contribution in [3.05, 3.63) is 70.1 Å². The molecule has 0 radical (unpaired) electrons. The van der Waals surface area contributed by atoms with Crippen molar-refractivity contribution in [2.24, 2.45) is 5.10 Å². The molecule has 3 rings (SSSR count). The van der Waals surface area contributed by atoms with Gasteiger partial charge in [0, 0.05) is 11.6 Å². The van der Waals surface area contributed by atoms with Crippen LogP contribution in [0.5, 0.6) is 11.5 Å². The summed E-state index contributed by atoms with van der Waals surface area (Å²) in [4.78, 5) is 24.1. The first-order chi connectivity index (χ1) is 11.5. The van der Waals surface area contributed by atoms with E-state index < -0.39 is 5.91 Å². The molecule has 0 atom stereocenters. The average Bonchev–Trinajstić information content (AvgIpc) is 2.56. The van der Waals surface area contributed by atoms with Crippen molar-refractivity contribution < 1.29 is 19.4 Å². The summed E-state index contributed by atoms with van der Waals surface area (Å²) in [6.45, 7) is 0. The van der Waals surface area contributed by atoms with Crippen LogP contribution in [0.15, 0.2) is 63.0 Å². The molecule has 1 heterocycles. The highest BCUT2D eigenvalue weighted by Gasteiger charge is 2.08. The number of carbonyl (C=O) groups excluding carboxylic acids is 1. The summed E-state index contributed by atoms with van der Waals surface area (Å²) in [5, 5.41) is 22.8. The van der Waals surface area contributed by atoms with Crippen LogP contribution in [0.3, 0.4) is 0 Å². The third-order valence-electron chi connectivity index (χ3n) is 3.24. The summed E-state index contributed by atoms with van der Waals surface area (Å²) in [6, 6.07) is 10.2. The second-order valence-corrected chi connectivity index (χ2v) is 4.95. The number of phenolic OH excluding ortho intramolecular Hbond substituents is 2. The number of hydrazone groups is 1. The summed E-state index contributed by atoms with van der Waals surface area (Å²) >= 11 is 0. The molecular formula is C17H12N2O5. The molecule has 0 bridgehead atoms. The van der Waals surface area contributed by atoms with Gasteiger partial charge in [0.15, 0.2) is 0 Å². The van der Waals surface area contributed by atoms with Crippen molar-refractivity contribution in [2.45, 2.75) is 0 Å². The summed E-state index contributed by atoms with van der Waals surface area (Å²) in [6.07, 6.45) is 2.42. The van der Waals surface area contributed by atoms with Crippen LogP contribution in [0.1, 0.15) is 15.9 Å². The van der Waals surface area contributed by atoms with E-state index in [2.05, 4.69) is 10.5 Å². The van der Waals surface area contributed by atoms with Gasteiger partial charge in [0.05, 0.1) is 17.2 Å². The van der Waals surface area contributed by atoms with E-state index in [9.17, 15) is 19.8 Å². The van der Waals surface area contributed by atoms with Gasteiger partial charge in [-0.3, -0.25) is 9.59 Å². The first-order valence-electron chi connectivity index (χ1n) is 6.91. The van der Waals surface area contributed by atoms with E-state index in [0.29, 0.717) is 11.0 Å². The number of nitrogens with one attached hydrogen (secondary N) is 1. The molecule has 1 amide bonds. The van der Waals surface area contributed by atoms with Crippen LogP contribution in [0, 0.1) is 0 Å². The number of para-hydroxylation sites is 1. The minimum Gasteiger partial charge on any atom is -0.508 e. The predicted molar refractivity (Wildman–Crippen MR) is 87.3 cm³/mol. The summed E-state index contributed by atoms with van der Waals surface area (Å²) < 4.78 is 5.33. The summed E-state index contributed by atoms with van der Waals surface area (Å²) in [5.41, 5.74) is 2.59. The maximum absolute atomic E-state index is 12.2. The third-order valence-corrected chi connectivity index (χ3v) is 3.24. The molecule has 0 aliphatic carbocycles. The lowest BCUT2D eigenvalue weighted by atomic mass is 10.2. The lowest BCUT2D eigenvalue weighted by molar-refractivity contribution is 0.0954. The zero-order valence-corrected chi connectivity index (χ0v) is 12.3. The quantitative estimate of drug-likeness (QED) is 0.504. The van der Waals surface area contributed by atoms with Gasteiger partial charge in [0.25, 0.3) is 5.91 Å². The number of phenols is 2. The Morgan fingerprint density at radius 3 is 2.58 bits per heavy atom. The van der Waals surface area contributed by atoms with Gasteiger partial charge in [-0.05, 0) is 24.3 Å². The number of nitrogens with zero attached hydrogens (tertiary/aromatic N) is 1. The highest BCUT2D eigenvalue weighted by Crippen LogP contribution is 2.20. The van der Waals surface area contributed by atoms with E-state index in [1.54, 1.807) is 24.3 Å². The fourth-order valence-electron chi connectivity index (χ4n) is 2.13. The van der Waals surface area contributed by atoms with Crippen LogP contribution in [0.4, 0.5) is 0 Å². The predicted octanol–water partition coefficient (Wildman–Crippen LogP) is 1.97. The molecule has 0 saturated carbocycles. The number of fused-ring (bicyclic) bond motifs is 1. The van der Waals surface area contributed by atoms with Gasteiger partial charge >= 0.3 is 0 Å². The molecule has 2 aromatic carbocycles. The van der Waals surface area contributed by atoms with Crippen molar-refractivity contribution in [3.63, 3.8) is 0 Å². The maximum atomic E-state index is 12.2. The minimum atomic E-state index is -0.650. The molecule has 0 saturated heterocycles. The lowest BCUT2D eigenvalue weighted by Gasteiger charge is -2.02. The molecular weight excluding hydrogens is 312 g/mol. The number of hydrogen-bond donors (Lipinski definition) is 3. The first kappa shape index (κ1) is 15.3. The Kier molecular flexibility index (Phi) is 3.98. The van der Waals surface area contributed by atoms with Crippen LogP contribution in [0.2, 0.25) is 0 Å². The topological polar surface area (TPSA) is 112 Å². The third kappa shape index (κ3) is 3.09. The fraction of sp³-hybridized carbons (Fsp3) is 0. The second-order valence-electron chi connectivity index (χ2n) is 4.95. The van der Waals surface area contributed by atoms with Gasteiger partial charge in [-0.2, -0.15) is 5.10 Å². The first-order valence-corrected chi connectivity index (χ1v) is 6.91. The Morgan fingerprint density at radius 1 is 1.12 bits per heavy atom. The number of amides is 1. The molecule has 3 N–H and O–H groups in total. The highest BCUT2D eigenvalue weighted by molar-refractivity contribution is 5.95. The Morgan fingerprint density at radius 2 is 1.83 bits per heavy atom. The van der Waals surface area contributed by atoms with E-state index in [1.807, 2.05) is 0 Å². The maximum Gasteiger partial charge on any atom is 0.271 e. The standard InChI is InChI=1S/C17H12N2O5/c20-12-5-10(6-13(21)7-12)17(23)19-18-8-11-9-24-15-4-2-1-3-14(15)16(11)22/h1-9,20-21H,(H,19,23)/b18-8-. The van der Waals surface area contributed by atoms with Crippen molar-refractivity contribution in [2.75, 3.05) is 0 Å². The zero-order valence-electron chi connectivity index (χ0n) is 12.3. The van der Waals surface area contributed by atoms with Gasteiger partial charge in [-0.15, -0.1) is 0 Å². The molecule has 0 unspecified atom stereocenters. The zero-order chi connectivity index (χ0) is 17.1. The molecule has 7 heteroatoms. The second kappa shape index (κ2) is 6.25. The molecule has 0 fully saturated rings. The van der Waals surface area contributed by atoms with Crippen LogP contribution < -0.4 is 10.9 Å². The van der Waals surface area contributed by atoms with Gasteiger partial charge < -0.3 is 14.6 Å². The number of benzene rings is 2. The number of hydrogen-bond acceptors (Lipinski definition) is 6. The van der Waals surface area contributed by atoms with Gasteiger partial charge in [0.1, 0.15) is 23.3 Å². The Hall–Kier alpha value is -3.61. The number of aromatic hydroxyl groups is 2. The molecule has 7 nitrogen and oxygen atoms in total. The Balaban J connectivity index is 1.80. The summed E-state index contributed by atoms with van der Waals surface area (Å²) in [5.74, 6) is -1.15. The van der Waals surface area contributed by atoms with Crippen molar-refractivity contribution in [1.29, 1.82) is 0 Å². The molecule has 120 valence electrons. The van der Waals surface area contributed by atoms with Crippen LogP contribution in [-0.4, -0.2) is 22.3 Å². The average molecular weight is 324 g/mol. The van der Waals surface area contributed by atoms with E-state index in [0.717, 1.165) is 6.07 Å². The van der Waals surface area contributed by atoms with Crippen LogP contribution >= 0.6 is 0 Å². The monoisotopic (exact) mass is 324 g/mol. The van der Waals surface area contributed by atoms with Gasteiger partial charge in [-0.25, -0.2) is 5.43 Å². The Labute approximate surface area is 135 Å². The lowest BCUT2D eigenvalue weighted by Crippen LogP contribution is -2.18. The van der Waals surface area contributed by atoms with Crippen LogP contribution in [-0.2, 0) is 0 Å². The molecule has 3 aromatic rings. The normalized spacial score (nSPS) is 11.0. The minimum absolute atomic E-state index is 0.0233. The van der Waals surface area contributed by atoms with E-state index in [-0.39, 0.29) is 28.1 Å². The highest BCUT2D eigenvalue weighted by atomic mass is 16.3. The molecule has 0 aliphatic heterocycles. The number of rotatable bonds is 3. The largest absolute Gasteiger partial charge is 0.508 e. The van der Waals surface area contributed by atoms with Gasteiger partial charge in [-0.1, -0.05) is 12.1 Å². The molecule has 1 aromatic heterocycles. The fourth-order valence-corrected chi connectivity index (χ4v) is 2.13. The van der Waals surface area contributed by atoms with E-state index in [4.69, 9.17) is 4.42 Å².